The van der Waals surface area contributed by atoms with Crippen LogP contribution in [0.1, 0.15) is 6.42 Å². The van der Waals surface area contributed by atoms with E-state index in [0.717, 1.165) is 6.42 Å². The topological polar surface area (TPSA) is 0 Å². The van der Waals surface area contributed by atoms with Crippen molar-refractivity contribution in [3.8, 4) is 0 Å². The standard InChI is InChI=1S/C5H5.Pt/c1-2-4-5-3-1;/h1-3H,4H2;/q-1;. The van der Waals surface area contributed by atoms with Crippen LogP contribution < -0.4 is 0 Å². The molecule has 0 aromatic heterocycles. The molecule has 0 radical (unpaired) electrons. The third-order valence-corrected chi connectivity index (χ3v) is 0.586. The number of allylic oxidation sites excluding steroid dienone is 4. The van der Waals surface area contributed by atoms with E-state index in [1.807, 2.05) is 12.2 Å². The van der Waals surface area contributed by atoms with Crippen LogP contribution in [0.4, 0.5) is 0 Å². The van der Waals surface area contributed by atoms with Crippen LogP contribution in [0.25, 0.3) is 0 Å². The van der Waals surface area contributed by atoms with Gasteiger partial charge in [0.2, 0.25) is 0 Å². The van der Waals surface area contributed by atoms with Gasteiger partial charge in [0.25, 0.3) is 0 Å². The Morgan fingerprint density at radius 3 is 2.50 bits per heavy atom. The van der Waals surface area contributed by atoms with Gasteiger partial charge in [0.05, 0.1) is 0 Å². The molecule has 1 aliphatic rings. The van der Waals surface area contributed by atoms with Gasteiger partial charge >= 0.3 is 0 Å². The Morgan fingerprint density at radius 1 is 1.50 bits per heavy atom. The molecular formula is C5H5Pt-. The first-order chi connectivity index (χ1) is 2.50. The summed E-state index contributed by atoms with van der Waals surface area (Å²) in [5, 5.41) is 0. The van der Waals surface area contributed by atoms with Crippen LogP contribution in [0.5, 0.6) is 0 Å². The third-order valence-electron chi connectivity index (χ3n) is 0.586. The molecule has 1 heteroatoms. The van der Waals surface area contributed by atoms with E-state index in [9.17, 15) is 0 Å². The minimum atomic E-state index is 0. The smallest absolute Gasteiger partial charge is 0 e. The van der Waals surface area contributed by atoms with Gasteiger partial charge in [-0.25, -0.2) is 12.2 Å². The van der Waals surface area contributed by atoms with Crippen molar-refractivity contribution in [3.05, 3.63) is 24.3 Å². The fourth-order valence-electron chi connectivity index (χ4n) is 0.340. The van der Waals surface area contributed by atoms with Gasteiger partial charge in [-0.2, -0.15) is 6.08 Å². The zero-order chi connectivity index (χ0) is 3.54. The second-order valence-electron chi connectivity index (χ2n) is 1.00. The Kier molecular flexibility index (Phi) is 3.46. The maximum Gasteiger partial charge on any atom is 0 e. The second-order valence-corrected chi connectivity index (χ2v) is 1.00. The average Bonchev–Trinajstić information content (AvgIpc) is 1.76. The van der Waals surface area contributed by atoms with Crippen LogP contribution in [0, 0.1) is 6.08 Å². The first kappa shape index (κ1) is 6.17. The van der Waals surface area contributed by atoms with Crippen LogP contribution >= 0.6 is 0 Å². The minimum Gasteiger partial charge on any atom is -0.273 e. The molecule has 0 aliphatic heterocycles. The zero-order valence-electron chi connectivity index (χ0n) is 3.26. The van der Waals surface area contributed by atoms with Crippen molar-refractivity contribution < 1.29 is 21.1 Å². The maximum absolute atomic E-state index is 2.99. The molecule has 0 fully saturated rings. The van der Waals surface area contributed by atoms with Crippen molar-refractivity contribution in [2.45, 2.75) is 6.42 Å². The van der Waals surface area contributed by atoms with Gasteiger partial charge < -0.3 is 0 Å². The normalized spacial score (nSPS) is 14.7. The molecule has 0 nitrogen and oxygen atoms in total. The first-order valence-electron chi connectivity index (χ1n) is 1.72. The number of rotatable bonds is 0. The Labute approximate surface area is 52.2 Å². The Hall–Kier alpha value is 0.168. The number of hydrogen-bond donors (Lipinski definition) is 0. The van der Waals surface area contributed by atoms with Crippen molar-refractivity contribution in [1.82, 2.24) is 0 Å². The molecule has 0 saturated heterocycles. The van der Waals surface area contributed by atoms with Crippen LogP contribution in [-0.4, -0.2) is 0 Å². The minimum absolute atomic E-state index is 0. The Morgan fingerprint density at radius 2 is 2.33 bits per heavy atom. The summed E-state index contributed by atoms with van der Waals surface area (Å²) in [7, 11) is 0. The molecule has 0 saturated carbocycles. The van der Waals surface area contributed by atoms with Gasteiger partial charge in [-0.05, 0) is 0 Å². The molecular weight excluding hydrogens is 255 g/mol. The molecule has 1 rings (SSSR count). The summed E-state index contributed by atoms with van der Waals surface area (Å²) in [6.45, 7) is 0. The molecule has 1 aliphatic carbocycles. The van der Waals surface area contributed by atoms with Gasteiger partial charge in [-0.1, -0.05) is 0 Å². The van der Waals surface area contributed by atoms with Gasteiger partial charge in [0.15, 0.2) is 0 Å². The molecule has 0 bridgehead atoms. The maximum atomic E-state index is 2.99. The van der Waals surface area contributed by atoms with Crippen LogP contribution in [0.2, 0.25) is 0 Å². The summed E-state index contributed by atoms with van der Waals surface area (Å²) < 4.78 is 0. The summed E-state index contributed by atoms with van der Waals surface area (Å²) in [6, 6.07) is 0. The summed E-state index contributed by atoms with van der Waals surface area (Å²) in [5.74, 6) is 0. The summed E-state index contributed by atoms with van der Waals surface area (Å²) >= 11 is 0. The quantitative estimate of drug-likeness (QED) is 0.576. The molecule has 0 amide bonds. The molecule has 0 heterocycles. The SMILES string of the molecule is [C-]1=CC=CC1.[Pt]. The molecule has 6 heavy (non-hydrogen) atoms. The summed E-state index contributed by atoms with van der Waals surface area (Å²) in [6.07, 6.45) is 10.0. The predicted molar refractivity (Wildman–Crippen MR) is 21.6 cm³/mol. The van der Waals surface area contributed by atoms with Crippen molar-refractivity contribution in [3.63, 3.8) is 0 Å². The van der Waals surface area contributed by atoms with Crippen LogP contribution in [-0.2, 0) is 21.1 Å². The van der Waals surface area contributed by atoms with E-state index in [2.05, 4.69) is 12.2 Å². The zero-order valence-corrected chi connectivity index (χ0v) is 5.53. The summed E-state index contributed by atoms with van der Waals surface area (Å²) in [4.78, 5) is 0. The van der Waals surface area contributed by atoms with E-state index in [-0.39, 0.29) is 21.1 Å². The predicted octanol–water partition coefficient (Wildman–Crippen LogP) is 1.30. The molecule has 0 aromatic carbocycles. The summed E-state index contributed by atoms with van der Waals surface area (Å²) in [5.41, 5.74) is 0. The molecule has 0 N–H and O–H groups in total. The van der Waals surface area contributed by atoms with E-state index >= 15 is 0 Å². The monoisotopic (exact) mass is 260 g/mol. The van der Waals surface area contributed by atoms with E-state index in [4.69, 9.17) is 0 Å². The van der Waals surface area contributed by atoms with Gasteiger partial charge in [0.1, 0.15) is 0 Å². The second kappa shape index (κ2) is 3.36. The van der Waals surface area contributed by atoms with Gasteiger partial charge in [0, 0.05) is 21.1 Å². The third kappa shape index (κ3) is 1.57. The fraction of sp³-hybridized carbons (Fsp3) is 0.200. The van der Waals surface area contributed by atoms with Crippen molar-refractivity contribution in [1.29, 1.82) is 0 Å². The largest absolute Gasteiger partial charge is 0.273 e. The number of hydrogen-bond acceptors (Lipinski definition) is 0. The van der Waals surface area contributed by atoms with E-state index in [1.54, 1.807) is 0 Å². The van der Waals surface area contributed by atoms with Crippen molar-refractivity contribution in [2.75, 3.05) is 0 Å². The Balaban J connectivity index is 0.000000250. The van der Waals surface area contributed by atoms with Crippen molar-refractivity contribution >= 4 is 0 Å². The average molecular weight is 260 g/mol. The molecule has 0 aromatic rings. The molecule has 0 unspecified atom stereocenters. The van der Waals surface area contributed by atoms with Gasteiger partial charge in [-0.3, -0.25) is 6.08 Å². The molecule has 0 atom stereocenters. The molecule has 36 valence electrons. The van der Waals surface area contributed by atoms with E-state index in [1.165, 1.54) is 0 Å². The Bertz CT molecular complexity index is 62.0. The van der Waals surface area contributed by atoms with E-state index < -0.39 is 0 Å². The fourth-order valence-corrected chi connectivity index (χ4v) is 0.340. The van der Waals surface area contributed by atoms with E-state index in [0.29, 0.717) is 0 Å². The molecule has 0 spiro atoms. The first-order valence-corrected chi connectivity index (χ1v) is 1.72. The van der Waals surface area contributed by atoms with Crippen LogP contribution in [0.3, 0.4) is 0 Å². The van der Waals surface area contributed by atoms with Gasteiger partial charge in [-0.15, -0.1) is 6.42 Å². The van der Waals surface area contributed by atoms with Crippen LogP contribution in [0.15, 0.2) is 18.2 Å². The van der Waals surface area contributed by atoms with Crippen molar-refractivity contribution in [2.24, 2.45) is 0 Å².